The van der Waals surface area contributed by atoms with E-state index in [1.165, 1.54) is 0 Å². The molecule has 2 saturated heterocycles. The second-order valence-electron chi connectivity index (χ2n) is 6.30. The molecule has 0 spiro atoms. The number of carbonyl (C=O) groups excluding carboxylic acids is 1. The zero-order valence-corrected chi connectivity index (χ0v) is 12.2. The average Bonchev–Trinajstić information content (AvgIpc) is 2.71. The Balaban J connectivity index is 1.80. The first-order valence-corrected chi connectivity index (χ1v) is 7.59. The van der Waals surface area contributed by atoms with Gasteiger partial charge in [0.25, 0.3) is 0 Å². The zero-order valence-electron chi connectivity index (χ0n) is 12.2. The maximum absolute atomic E-state index is 12.6. The van der Waals surface area contributed by atoms with Gasteiger partial charge in [-0.1, -0.05) is 30.3 Å². The summed E-state index contributed by atoms with van der Waals surface area (Å²) in [7, 11) is 2.00. The molecule has 21 heavy (non-hydrogen) atoms. The smallest absolute Gasteiger partial charge is 0.308 e. The Bertz CT molecular complexity index is 542. The number of aliphatic carboxylic acids is 1. The van der Waals surface area contributed by atoms with Crippen molar-refractivity contribution < 1.29 is 14.7 Å². The molecule has 4 heteroatoms. The first-order chi connectivity index (χ1) is 10.1. The first-order valence-electron chi connectivity index (χ1n) is 7.59. The molecule has 2 aliphatic rings. The van der Waals surface area contributed by atoms with E-state index >= 15 is 0 Å². The summed E-state index contributed by atoms with van der Waals surface area (Å²) in [5.74, 6) is -1.63. The van der Waals surface area contributed by atoms with Crippen LogP contribution >= 0.6 is 0 Å². The number of benzene rings is 1. The highest BCUT2D eigenvalue weighted by Crippen LogP contribution is 2.42. The van der Waals surface area contributed by atoms with Crippen molar-refractivity contribution in [1.29, 1.82) is 0 Å². The fourth-order valence-electron chi connectivity index (χ4n) is 4.06. The van der Waals surface area contributed by atoms with E-state index in [9.17, 15) is 14.7 Å². The second kappa shape index (κ2) is 5.60. The van der Waals surface area contributed by atoms with Crippen LogP contribution in [-0.4, -0.2) is 40.9 Å². The van der Waals surface area contributed by atoms with Gasteiger partial charge in [0.1, 0.15) is 5.78 Å². The third-order valence-electron chi connectivity index (χ3n) is 5.19. The molecule has 1 aromatic carbocycles. The van der Waals surface area contributed by atoms with Gasteiger partial charge in [0, 0.05) is 24.4 Å². The zero-order chi connectivity index (χ0) is 15.0. The quantitative estimate of drug-likeness (QED) is 0.920. The molecule has 3 rings (SSSR count). The molecule has 1 N–H and O–H groups in total. The van der Waals surface area contributed by atoms with Crippen molar-refractivity contribution in [2.75, 3.05) is 7.05 Å². The Labute approximate surface area is 124 Å². The van der Waals surface area contributed by atoms with Crippen LogP contribution in [0, 0.1) is 11.8 Å². The SMILES string of the molecule is CN1[C@H]2CC[C@@H]1[C@@H](C(=O)O)[C@@H](C(=O)Cc1ccccc1)C2. The van der Waals surface area contributed by atoms with Crippen molar-refractivity contribution in [2.24, 2.45) is 11.8 Å². The fourth-order valence-corrected chi connectivity index (χ4v) is 4.06. The minimum atomic E-state index is -0.821. The van der Waals surface area contributed by atoms with E-state index in [1.54, 1.807) is 0 Å². The van der Waals surface area contributed by atoms with Crippen LogP contribution in [0.1, 0.15) is 24.8 Å². The predicted octanol–water partition coefficient (Wildman–Crippen LogP) is 1.98. The Kier molecular flexibility index (Phi) is 3.81. The summed E-state index contributed by atoms with van der Waals surface area (Å²) in [5.41, 5.74) is 0.970. The Morgan fingerprint density at radius 2 is 1.95 bits per heavy atom. The van der Waals surface area contributed by atoms with Crippen molar-refractivity contribution in [2.45, 2.75) is 37.8 Å². The molecule has 2 heterocycles. The lowest BCUT2D eigenvalue weighted by Crippen LogP contribution is -2.51. The van der Waals surface area contributed by atoms with Gasteiger partial charge in [0.05, 0.1) is 5.92 Å². The van der Waals surface area contributed by atoms with E-state index in [2.05, 4.69) is 4.90 Å². The molecule has 2 bridgehead atoms. The number of hydrogen-bond donors (Lipinski definition) is 1. The standard InChI is InChI=1S/C17H21NO3/c1-18-12-7-8-14(18)16(17(20)21)13(10-12)15(19)9-11-5-3-2-4-6-11/h2-6,12-14,16H,7-10H2,1H3,(H,20,21)/t12-,13+,14+,16-/m0/s1. The number of carboxylic acid groups (broad SMARTS) is 1. The van der Waals surface area contributed by atoms with Crippen molar-refractivity contribution in [3.63, 3.8) is 0 Å². The third-order valence-corrected chi connectivity index (χ3v) is 5.19. The molecule has 4 atom stereocenters. The summed E-state index contributed by atoms with van der Waals surface area (Å²) >= 11 is 0. The molecule has 0 saturated carbocycles. The Hall–Kier alpha value is -1.68. The van der Waals surface area contributed by atoms with E-state index in [-0.39, 0.29) is 17.7 Å². The number of carboxylic acids is 1. The maximum atomic E-state index is 12.6. The summed E-state index contributed by atoms with van der Waals surface area (Å²) in [6.07, 6.45) is 2.95. The summed E-state index contributed by atoms with van der Waals surface area (Å²) in [4.78, 5) is 26.5. The largest absolute Gasteiger partial charge is 0.481 e. The van der Waals surface area contributed by atoms with Gasteiger partial charge in [0.15, 0.2) is 0 Å². The average molecular weight is 287 g/mol. The van der Waals surface area contributed by atoms with Crippen molar-refractivity contribution in [1.82, 2.24) is 4.90 Å². The van der Waals surface area contributed by atoms with Gasteiger partial charge < -0.3 is 5.11 Å². The van der Waals surface area contributed by atoms with Crippen molar-refractivity contribution in [3.05, 3.63) is 35.9 Å². The monoisotopic (exact) mass is 287 g/mol. The van der Waals surface area contributed by atoms with Gasteiger partial charge in [-0.3, -0.25) is 14.5 Å². The molecule has 2 aliphatic heterocycles. The number of nitrogens with zero attached hydrogens (tertiary/aromatic N) is 1. The summed E-state index contributed by atoms with van der Waals surface area (Å²) in [6.45, 7) is 0. The number of ketones is 1. The lowest BCUT2D eigenvalue weighted by molar-refractivity contribution is -0.152. The second-order valence-corrected chi connectivity index (χ2v) is 6.30. The minimum Gasteiger partial charge on any atom is -0.481 e. The van der Waals surface area contributed by atoms with E-state index in [4.69, 9.17) is 0 Å². The van der Waals surface area contributed by atoms with Gasteiger partial charge in [-0.25, -0.2) is 0 Å². The summed E-state index contributed by atoms with van der Waals surface area (Å²) in [5, 5.41) is 9.58. The highest BCUT2D eigenvalue weighted by Gasteiger charge is 2.50. The lowest BCUT2D eigenvalue weighted by atomic mass is 9.76. The predicted molar refractivity (Wildman–Crippen MR) is 79.0 cm³/mol. The molecule has 2 fully saturated rings. The minimum absolute atomic E-state index is 0.0194. The molecular formula is C17H21NO3. The van der Waals surface area contributed by atoms with Gasteiger partial charge >= 0.3 is 5.97 Å². The lowest BCUT2D eigenvalue weighted by Gasteiger charge is -2.40. The fraction of sp³-hybridized carbons (Fsp3) is 0.529. The van der Waals surface area contributed by atoms with Gasteiger partial charge in [-0.05, 0) is 31.9 Å². The van der Waals surface area contributed by atoms with E-state index in [0.717, 1.165) is 18.4 Å². The summed E-state index contributed by atoms with van der Waals surface area (Å²) in [6, 6.07) is 9.99. The number of rotatable bonds is 4. The molecule has 0 aliphatic carbocycles. The maximum Gasteiger partial charge on any atom is 0.308 e. The van der Waals surface area contributed by atoms with Gasteiger partial charge in [0.2, 0.25) is 0 Å². The highest BCUT2D eigenvalue weighted by molar-refractivity contribution is 5.88. The molecule has 0 aromatic heterocycles. The van der Waals surface area contributed by atoms with Crippen LogP contribution in [0.2, 0.25) is 0 Å². The van der Waals surface area contributed by atoms with Crippen LogP contribution in [0.15, 0.2) is 30.3 Å². The van der Waals surface area contributed by atoms with Crippen LogP contribution in [0.5, 0.6) is 0 Å². The van der Waals surface area contributed by atoms with Gasteiger partial charge in [-0.2, -0.15) is 0 Å². The Morgan fingerprint density at radius 1 is 1.24 bits per heavy atom. The van der Waals surface area contributed by atoms with Crippen LogP contribution in [0.4, 0.5) is 0 Å². The Morgan fingerprint density at radius 3 is 2.62 bits per heavy atom. The molecule has 0 unspecified atom stereocenters. The van der Waals surface area contributed by atoms with E-state index in [0.29, 0.717) is 18.9 Å². The van der Waals surface area contributed by atoms with Crippen LogP contribution in [-0.2, 0) is 16.0 Å². The number of carbonyl (C=O) groups is 2. The topological polar surface area (TPSA) is 57.6 Å². The van der Waals surface area contributed by atoms with E-state index < -0.39 is 11.9 Å². The van der Waals surface area contributed by atoms with Crippen molar-refractivity contribution in [3.8, 4) is 0 Å². The number of piperidine rings is 1. The summed E-state index contributed by atoms with van der Waals surface area (Å²) < 4.78 is 0. The first kappa shape index (κ1) is 14.3. The van der Waals surface area contributed by atoms with Crippen LogP contribution < -0.4 is 0 Å². The molecule has 112 valence electrons. The number of fused-ring (bicyclic) bond motifs is 2. The molecule has 0 amide bonds. The molecule has 0 radical (unpaired) electrons. The van der Waals surface area contributed by atoms with Crippen LogP contribution in [0.3, 0.4) is 0 Å². The number of Topliss-reactive ketones (excluding diaryl/α,β-unsaturated/α-hetero) is 1. The number of hydrogen-bond acceptors (Lipinski definition) is 3. The third kappa shape index (κ3) is 2.60. The molecular weight excluding hydrogens is 266 g/mol. The van der Waals surface area contributed by atoms with Crippen LogP contribution in [0.25, 0.3) is 0 Å². The highest BCUT2D eigenvalue weighted by atomic mass is 16.4. The van der Waals surface area contributed by atoms with E-state index in [1.807, 2.05) is 37.4 Å². The molecule has 4 nitrogen and oxygen atoms in total. The van der Waals surface area contributed by atoms with Gasteiger partial charge in [-0.15, -0.1) is 0 Å². The normalized spacial score (nSPS) is 32.0. The van der Waals surface area contributed by atoms with Crippen molar-refractivity contribution >= 4 is 11.8 Å². The molecule has 1 aromatic rings.